The lowest BCUT2D eigenvalue weighted by atomic mass is 10.0. The molecule has 0 bridgehead atoms. The second kappa shape index (κ2) is 8.52. The second-order valence-electron chi connectivity index (χ2n) is 6.35. The van der Waals surface area contributed by atoms with Crippen molar-refractivity contribution in [2.75, 3.05) is 26.4 Å². The predicted molar refractivity (Wildman–Crippen MR) is 86.6 cm³/mol. The summed E-state index contributed by atoms with van der Waals surface area (Å²) in [6, 6.07) is 9.13. The molecule has 1 unspecified atom stereocenters. The van der Waals surface area contributed by atoms with Crippen molar-refractivity contribution < 1.29 is 9.47 Å². The second-order valence-corrected chi connectivity index (χ2v) is 6.35. The maximum atomic E-state index is 6.26. The maximum Gasteiger partial charge on any atom is 0.0949 e. The number of rotatable bonds is 7. The summed E-state index contributed by atoms with van der Waals surface area (Å²) < 4.78 is 11.7. The number of hydrogen-bond donors (Lipinski definition) is 1. The van der Waals surface area contributed by atoms with E-state index in [2.05, 4.69) is 50.4 Å². The van der Waals surface area contributed by atoms with Crippen LogP contribution in [0, 0.1) is 12.8 Å². The monoisotopic (exact) mass is 291 g/mol. The minimum absolute atomic E-state index is 0.134. The highest BCUT2D eigenvalue weighted by Crippen LogP contribution is 2.22. The molecule has 1 N–H and O–H groups in total. The molecule has 1 aromatic rings. The van der Waals surface area contributed by atoms with Crippen LogP contribution in [-0.4, -0.2) is 32.4 Å². The molecule has 0 amide bonds. The van der Waals surface area contributed by atoms with Crippen LogP contribution >= 0.6 is 0 Å². The third kappa shape index (κ3) is 5.77. The summed E-state index contributed by atoms with van der Waals surface area (Å²) in [5, 5.41) is 3.50. The van der Waals surface area contributed by atoms with Gasteiger partial charge in [-0.15, -0.1) is 0 Å². The Bertz CT molecular complexity index is 413. The molecule has 1 saturated heterocycles. The Balaban J connectivity index is 1.94. The molecule has 0 spiro atoms. The van der Waals surface area contributed by atoms with Crippen molar-refractivity contribution in [3.8, 4) is 0 Å². The van der Waals surface area contributed by atoms with E-state index in [9.17, 15) is 0 Å². The van der Waals surface area contributed by atoms with Gasteiger partial charge in [-0.05, 0) is 31.2 Å². The zero-order valence-corrected chi connectivity index (χ0v) is 13.6. The van der Waals surface area contributed by atoms with Crippen LogP contribution in [0.4, 0.5) is 0 Å². The van der Waals surface area contributed by atoms with Gasteiger partial charge >= 0.3 is 0 Å². The topological polar surface area (TPSA) is 30.5 Å². The summed E-state index contributed by atoms with van der Waals surface area (Å²) in [5.74, 6) is 0.644. The molecule has 0 saturated carbocycles. The van der Waals surface area contributed by atoms with Crippen molar-refractivity contribution in [3.63, 3.8) is 0 Å². The molecule has 3 heteroatoms. The SMILES string of the molecule is Cc1cccc(C(CNC(C)C)OCC2CCOCC2)c1. The largest absolute Gasteiger partial charge is 0.381 e. The molecule has 1 fully saturated rings. The molecular weight excluding hydrogens is 262 g/mol. The molecule has 0 radical (unpaired) electrons. The molecule has 2 rings (SSSR count). The van der Waals surface area contributed by atoms with Crippen LogP contribution in [0.2, 0.25) is 0 Å². The maximum absolute atomic E-state index is 6.26. The fraction of sp³-hybridized carbons (Fsp3) is 0.667. The van der Waals surface area contributed by atoms with E-state index in [0.717, 1.165) is 39.2 Å². The lowest BCUT2D eigenvalue weighted by Gasteiger charge is -2.26. The van der Waals surface area contributed by atoms with E-state index in [1.54, 1.807) is 0 Å². The molecule has 0 aromatic heterocycles. The first-order valence-electron chi connectivity index (χ1n) is 8.14. The van der Waals surface area contributed by atoms with E-state index >= 15 is 0 Å². The van der Waals surface area contributed by atoms with Crippen molar-refractivity contribution in [2.45, 2.75) is 45.8 Å². The Morgan fingerprint density at radius 1 is 1.29 bits per heavy atom. The Morgan fingerprint density at radius 3 is 2.71 bits per heavy atom. The molecule has 3 nitrogen and oxygen atoms in total. The summed E-state index contributed by atoms with van der Waals surface area (Å²) in [7, 11) is 0. The van der Waals surface area contributed by atoms with Crippen LogP contribution in [0.15, 0.2) is 24.3 Å². The molecule has 1 heterocycles. The van der Waals surface area contributed by atoms with E-state index in [1.165, 1.54) is 11.1 Å². The molecule has 1 aliphatic heterocycles. The van der Waals surface area contributed by atoms with Gasteiger partial charge in [-0.3, -0.25) is 0 Å². The standard InChI is InChI=1S/C18H29NO2/c1-14(2)19-12-18(17-6-4-5-15(3)11-17)21-13-16-7-9-20-10-8-16/h4-6,11,14,16,18-19H,7-10,12-13H2,1-3H3. The van der Waals surface area contributed by atoms with Gasteiger partial charge in [0.25, 0.3) is 0 Å². The van der Waals surface area contributed by atoms with Gasteiger partial charge in [-0.1, -0.05) is 43.7 Å². The molecule has 1 aliphatic rings. The van der Waals surface area contributed by atoms with Crippen LogP contribution in [0.5, 0.6) is 0 Å². The fourth-order valence-corrected chi connectivity index (χ4v) is 2.65. The van der Waals surface area contributed by atoms with Gasteiger partial charge in [0.2, 0.25) is 0 Å². The third-order valence-corrected chi connectivity index (χ3v) is 4.00. The number of ether oxygens (including phenoxy) is 2. The average Bonchev–Trinajstić information content (AvgIpc) is 2.48. The summed E-state index contributed by atoms with van der Waals surface area (Å²) in [6.07, 6.45) is 2.38. The zero-order valence-electron chi connectivity index (χ0n) is 13.6. The highest BCUT2D eigenvalue weighted by atomic mass is 16.5. The van der Waals surface area contributed by atoms with Crippen LogP contribution in [-0.2, 0) is 9.47 Å². The Labute approximate surface area is 129 Å². The van der Waals surface area contributed by atoms with Crippen LogP contribution in [0.3, 0.4) is 0 Å². The van der Waals surface area contributed by atoms with Crippen molar-refractivity contribution >= 4 is 0 Å². The van der Waals surface area contributed by atoms with Crippen molar-refractivity contribution in [1.29, 1.82) is 0 Å². The minimum atomic E-state index is 0.134. The van der Waals surface area contributed by atoms with Crippen molar-refractivity contribution in [2.24, 2.45) is 5.92 Å². The van der Waals surface area contributed by atoms with Gasteiger partial charge in [0, 0.05) is 25.8 Å². The van der Waals surface area contributed by atoms with Gasteiger partial charge in [-0.2, -0.15) is 0 Å². The van der Waals surface area contributed by atoms with Crippen LogP contribution < -0.4 is 5.32 Å². The molecule has 0 aliphatic carbocycles. The van der Waals surface area contributed by atoms with Crippen LogP contribution in [0.1, 0.15) is 43.9 Å². The van der Waals surface area contributed by atoms with Crippen molar-refractivity contribution in [1.82, 2.24) is 5.32 Å². The summed E-state index contributed by atoms with van der Waals surface area (Å²) in [5.41, 5.74) is 2.56. The van der Waals surface area contributed by atoms with E-state index in [0.29, 0.717) is 12.0 Å². The smallest absolute Gasteiger partial charge is 0.0949 e. The zero-order chi connectivity index (χ0) is 15.1. The first-order valence-corrected chi connectivity index (χ1v) is 8.14. The Morgan fingerprint density at radius 2 is 2.05 bits per heavy atom. The van der Waals surface area contributed by atoms with E-state index in [1.807, 2.05) is 0 Å². The van der Waals surface area contributed by atoms with Crippen molar-refractivity contribution in [3.05, 3.63) is 35.4 Å². The van der Waals surface area contributed by atoms with Crippen LogP contribution in [0.25, 0.3) is 0 Å². The molecule has 21 heavy (non-hydrogen) atoms. The first kappa shape index (κ1) is 16.5. The molecule has 1 atom stereocenters. The summed E-state index contributed by atoms with van der Waals surface area (Å²) in [4.78, 5) is 0. The lowest BCUT2D eigenvalue weighted by molar-refractivity contribution is -0.0119. The number of nitrogens with one attached hydrogen (secondary N) is 1. The van der Waals surface area contributed by atoms with Gasteiger partial charge in [-0.25, -0.2) is 0 Å². The van der Waals surface area contributed by atoms with E-state index in [-0.39, 0.29) is 6.10 Å². The Kier molecular flexibility index (Phi) is 6.68. The molecular formula is C18H29NO2. The van der Waals surface area contributed by atoms with E-state index in [4.69, 9.17) is 9.47 Å². The van der Waals surface area contributed by atoms with E-state index < -0.39 is 0 Å². The number of hydrogen-bond acceptors (Lipinski definition) is 3. The fourth-order valence-electron chi connectivity index (χ4n) is 2.65. The van der Waals surface area contributed by atoms with Gasteiger partial charge in [0.05, 0.1) is 12.7 Å². The first-order chi connectivity index (χ1) is 10.1. The Hall–Kier alpha value is -0.900. The summed E-state index contributed by atoms with van der Waals surface area (Å²) in [6.45, 7) is 9.94. The average molecular weight is 291 g/mol. The predicted octanol–water partition coefficient (Wildman–Crippen LogP) is 3.48. The van der Waals surface area contributed by atoms with Gasteiger partial charge in [0.1, 0.15) is 0 Å². The highest BCUT2D eigenvalue weighted by Gasteiger charge is 2.18. The number of aryl methyl sites for hydroxylation is 1. The lowest BCUT2D eigenvalue weighted by Crippen LogP contribution is -2.30. The molecule has 1 aromatic carbocycles. The number of benzene rings is 1. The normalized spacial score (nSPS) is 18.1. The quantitative estimate of drug-likeness (QED) is 0.834. The molecule has 118 valence electrons. The third-order valence-electron chi connectivity index (χ3n) is 4.00. The minimum Gasteiger partial charge on any atom is -0.381 e. The van der Waals surface area contributed by atoms with Gasteiger partial charge < -0.3 is 14.8 Å². The highest BCUT2D eigenvalue weighted by molar-refractivity contribution is 5.24. The summed E-state index contributed by atoms with van der Waals surface area (Å²) >= 11 is 0. The van der Waals surface area contributed by atoms with Gasteiger partial charge in [0.15, 0.2) is 0 Å².